The molecule has 10 nitrogen and oxygen atoms in total. The van der Waals surface area contributed by atoms with Gasteiger partial charge in [-0.05, 0) is 38.7 Å². The van der Waals surface area contributed by atoms with Gasteiger partial charge in [0.05, 0.1) is 47.0 Å². The van der Waals surface area contributed by atoms with Crippen LogP contribution >= 0.6 is 11.6 Å². The average Bonchev–Trinajstić information content (AvgIpc) is 3.27. The van der Waals surface area contributed by atoms with E-state index in [4.69, 9.17) is 21.1 Å². The van der Waals surface area contributed by atoms with E-state index in [0.717, 1.165) is 17.7 Å². The molecule has 3 aromatic rings. The number of carbonyl (C=O) groups excluding carboxylic acids is 2. The zero-order valence-corrected chi connectivity index (χ0v) is 23.5. The van der Waals surface area contributed by atoms with Crippen molar-refractivity contribution in [1.82, 2.24) is 25.1 Å². The Hall–Kier alpha value is -4.02. The van der Waals surface area contributed by atoms with Gasteiger partial charge in [-0.1, -0.05) is 23.7 Å². The first-order chi connectivity index (χ1) is 19.4. The zero-order chi connectivity index (χ0) is 28.2. The number of amides is 2. The van der Waals surface area contributed by atoms with Crippen LogP contribution in [0.1, 0.15) is 22.5 Å². The van der Waals surface area contributed by atoms with Gasteiger partial charge in [-0.25, -0.2) is 0 Å². The zero-order valence-electron chi connectivity index (χ0n) is 22.8. The highest BCUT2D eigenvalue weighted by Crippen LogP contribution is 2.43. The molecule has 5 rings (SSSR count). The molecule has 1 atom stereocenters. The molecule has 4 heterocycles. The van der Waals surface area contributed by atoms with E-state index in [1.165, 1.54) is 0 Å². The fourth-order valence-corrected chi connectivity index (χ4v) is 5.16. The van der Waals surface area contributed by atoms with E-state index in [0.29, 0.717) is 71.8 Å². The number of H-pyrrole nitrogens is 1. The number of rotatable bonds is 10. The maximum absolute atomic E-state index is 13.0. The Kier molecular flexibility index (Phi) is 8.27. The molecular weight excluding hydrogens is 532 g/mol. The molecular formula is C29H33ClN6O4. The number of anilines is 2. The van der Waals surface area contributed by atoms with Crippen molar-refractivity contribution in [2.24, 2.45) is 0 Å². The van der Waals surface area contributed by atoms with Gasteiger partial charge in [0.15, 0.2) is 5.75 Å². The third-order valence-electron chi connectivity index (χ3n) is 7.04. The molecule has 210 valence electrons. The van der Waals surface area contributed by atoms with Crippen molar-refractivity contribution in [2.45, 2.75) is 18.9 Å². The van der Waals surface area contributed by atoms with Crippen LogP contribution < -0.4 is 20.1 Å². The lowest BCUT2D eigenvalue weighted by atomic mass is 10.0. The van der Waals surface area contributed by atoms with Crippen molar-refractivity contribution < 1.29 is 19.1 Å². The second-order valence-corrected chi connectivity index (χ2v) is 10.4. The summed E-state index contributed by atoms with van der Waals surface area (Å²) >= 11 is 6.38. The van der Waals surface area contributed by atoms with Crippen molar-refractivity contribution in [3.8, 4) is 22.8 Å². The Morgan fingerprint density at radius 1 is 1.32 bits per heavy atom. The summed E-state index contributed by atoms with van der Waals surface area (Å²) in [4.78, 5) is 37.2. The highest BCUT2D eigenvalue weighted by molar-refractivity contribution is 6.32. The summed E-state index contributed by atoms with van der Waals surface area (Å²) in [5, 5.41) is 6.77. The quantitative estimate of drug-likeness (QED) is 0.321. The maximum atomic E-state index is 13.0. The van der Waals surface area contributed by atoms with Gasteiger partial charge < -0.3 is 34.9 Å². The van der Waals surface area contributed by atoms with Gasteiger partial charge >= 0.3 is 0 Å². The number of halogens is 1. The van der Waals surface area contributed by atoms with E-state index in [-0.39, 0.29) is 17.9 Å². The normalized spacial score (nSPS) is 16.5. The van der Waals surface area contributed by atoms with Crippen molar-refractivity contribution in [3.63, 3.8) is 0 Å². The minimum atomic E-state index is -0.172. The summed E-state index contributed by atoms with van der Waals surface area (Å²) in [6.45, 7) is 2.28. The third kappa shape index (κ3) is 5.64. The molecule has 0 radical (unpaired) electrons. The van der Waals surface area contributed by atoms with Crippen molar-refractivity contribution in [2.75, 3.05) is 52.8 Å². The Balaban J connectivity index is 1.43. The van der Waals surface area contributed by atoms with Gasteiger partial charge in [-0.3, -0.25) is 14.6 Å². The molecule has 1 saturated heterocycles. The number of para-hydroxylation sites is 1. The molecule has 0 bridgehead atoms. The number of hydrogen-bond acceptors (Lipinski definition) is 7. The number of ether oxygens (including phenoxy) is 2. The van der Waals surface area contributed by atoms with Crippen LogP contribution in [-0.2, 0) is 11.2 Å². The third-order valence-corrected chi connectivity index (χ3v) is 7.34. The summed E-state index contributed by atoms with van der Waals surface area (Å²) in [5.74, 6) is 0.833. The van der Waals surface area contributed by atoms with Gasteiger partial charge in [-0.2, -0.15) is 0 Å². The summed E-state index contributed by atoms with van der Waals surface area (Å²) < 4.78 is 11.8. The topological polar surface area (TPSA) is 112 Å². The fraction of sp³-hybridized carbons (Fsp3) is 0.345. The SMILES string of the molecule is COc1c(Cl)cccc1Nc1c(-c2ccncc2OC[C@H]2CCN2C(=O)/C=C/CN(C)C)[nH]c2c1C(=O)NCC2. The second kappa shape index (κ2) is 12.0. The van der Waals surface area contributed by atoms with Crippen molar-refractivity contribution >= 4 is 34.8 Å². The molecule has 2 aliphatic heterocycles. The summed E-state index contributed by atoms with van der Waals surface area (Å²) in [6.07, 6.45) is 8.34. The largest absolute Gasteiger partial charge is 0.493 e. The predicted octanol–water partition coefficient (Wildman–Crippen LogP) is 3.87. The van der Waals surface area contributed by atoms with E-state index in [2.05, 4.69) is 20.6 Å². The van der Waals surface area contributed by atoms with Gasteiger partial charge in [0.2, 0.25) is 5.91 Å². The second-order valence-electron chi connectivity index (χ2n) is 10.0. The molecule has 0 spiro atoms. The lowest BCUT2D eigenvalue weighted by molar-refractivity contribution is -0.134. The molecule has 2 aliphatic rings. The number of aromatic amines is 1. The van der Waals surface area contributed by atoms with E-state index in [1.807, 2.05) is 48.2 Å². The summed E-state index contributed by atoms with van der Waals surface area (Å²) in [5.41, 5.74) is 4.00. The van der Waals surface area contributed by atoms with Crippen LogP contribution in [0.15, 0.2) is 48.8 Å². The molecule has 11 heteroatoms. The smallest absolute Gasteiger partial charge is 0.255 e. The fourth-order valence-electron chi connectivity index (χ4n) is 4.91. The Bertz CT molecular complexity index is 1440. The minimum Gasteiger partial charge on any atom is -0.493 e. The minimum absolute atomic E-state index is 0.0156. The van der Waals surface area contributed by atoms with Gasteiger partial charge in [0, 0.05) is 49.6 Å². The lowest BCUT2D eigenvalue weighted by Crippen LogP contribution is -2.53. The molecule has 0 aliphatic carbocycles. The Morgan fingerprint density at radius 2 is 2.17 bits per heavy atom. The highest BCUT2D eigenvalue weighted by Gasteiger charge is 2.32. The van der Waals surface area contributed by atoms with Crippen LogP contribution in [0.4, 0.5) is 11.4 Å². The predicted molar refractivity (Wildman–Crippen MR) is 155 cm³/mol. The first-order valence-electron chi connectivity index (χ1n) is 13.2. The maximum Gasteiger partial charge on any atom is 0.255 e. The molecule has 2 amide bonds. The van der Waals surface area contributed by atoms with Crippen LogP contribution in [0.2, 0.25) is 5.02 Å². The Labute approximate surface area is 238 Å². The van der Waals surface area contributed by atoms with E-state index in [1.54, 1.807) is 31.6 Å². The van der Waals surface area contributed by atoms with Crippen LogP contribution in [0.3, 0.4) is 0 Å². The summed E-state index contributed by atoms with van der Waals surface area (Å²) in [7, 11) is 5.47. The molecule has 0 saturated carbocycles. The molecule has 3 N–H and O–H groups in total. The number of methoxy groups -OCH3 is 1. The first-order valence-corrected chi connectivity index (χ1v) is 13.6. The molecule has 1 aromatic carbocycles. The lowest BCUT2D eigenvalue weighted by Gasteiger charge is -2.40. The van der Waals surface area contributed by atoms with E-state index in [9.17, 15) is 9.59 Å². The van der Waals surface area contributed by atoms with Crippen LogP contribution in [0, 0.1) is 0 Å². The van der Waals surface area contributed by atoms with Crippen LogP contribution in [0.25, 0.3) is 11.3 Å². The Morgan fingerprint density at radius 3 is 2.92 bits per heavy atom. The van der Waals surface area contributed by atoms with Gasteiger partial charge in [-0.15, -0.1) is 0 Å². The molecule has 2 aromatic heterocycles. The molecule has 1 fully saturated rings. The van der Waals surface area contributed by atoms with Gasteiger partial charge in [0.25, 0.3) is 5.91 Å². The number of aromatic nitrogens is 2. The number of likely N-dealkylation sites (tertiary alicyclic amines) is 1. The van der Waals surface area contributed by atoms with Crippen molar-refractivity contribution in [3.05, 3.63) is 65.1 Å². The highest BCUT2D eigenvalue weighted by atomic mass is 35.5. The van der Waals surface area contributed by atoms with Gasteiger partial charge in [0.1, 0.15) is 12.4 Å². The number of nitrogens with one attached hydrogen (secondary N) is 3. The monoisotopic (exact) mass is 564 g/mol. The number of fused-ring (bicyclic) bond motifs is 1. The number of likely N-dealkylation sites (N-methyl/N-ethyl adjacent to an activating group) is 1. The van der Waals surface area contributed by atoms with Crippen molar-refractivity contribution in [1.29, 1.82) is 0 Å². The molecule has 0 unspecified atom stereocenters. The standard InChI is InChI=1S/C29H33ClN6O4/c1-35(2)14-5-8-24(37)36-15-11-18(36)17-40-23-16-31-12-9-19(23)26-27(25-21(33-26)10-13-32-29(25)38)34-22-7-4-6-20(30)28(22)39-3/h4-9,12,16,18,33-34H,10-11,13-15,17H2,1-3H3,(H,32,38)/b8-5+/t18-/m1/s1. The number of nitrogens with zero attached hydrogens (tertiary/aromatic N) is 3. The first kappa shape index (κ1) is 27.5. The van der Waals surface area contributed by atoms with E-state index >= 15 is 0 Å². The number of pyridine rings is 1. The number of hydrogen-bond donors (Lipinski definition) is 3. The summed E-state index contributed by atoms with van der Waals surface area (Å²) in [6, 6.07) is 7.22. The number of carbonyl (C=O) groups is 2. The van der Waals surface area contributed by atoms with Crippen LogP contribution in [-0.4, -0.2) is 85.1 Å². The number of benzene rings is 1. The van der Waals surface area contributed by atoms with Crippen LogP contribution in [0.5, 0.6) is 11.5 Å². The molecule has 40 heavy (non-hydrogen) atoms. The average molecular weight is 565 g/mol. The van der Waals surface area contributed by atoms with E-state index < -0.39 is 0 Å².